The summed E-state index contributed by atoms with van der Waals surface area (Å²) in [4.78, 5) is 19.4. The van der Waals surface area contributed by atoms with Crippen molar-refractivity contribution in [2.45, 2.75) is 38.3 Å². The predicted octanol–water partition coefficient (Wildman–Crippen LogP) is 4.10. The molecule has 2 aromatic rings. The van der Waals surface area contributed by atoms with Gasteiger partial charge < -0.3 is 15.0 Å². The Labute approximate surface area is 177 Å². The highest BCUT2D eigenvalue weighted by Gasteiger charge is 2.25. The van der Waals surface area contributed by atoms with Crippen LogP contribution in [0.1, 0.15) is 31.4 Å². The molecule has 1 unspecified atom stereocenters. The molecule has 0 saturated carbocycles. The lowest BCUT2D eigenvalue weighted by Crippen LogP contribution is -2.41. The number of carbonyl (C=O) groups excluding carboxylic acids is 1. The van der Waals surface area contributed by atoms with Crippen molar-refractivity contribution in [1.29, 1.82) is 0 Å². The van der Waals surface area contributed by atoms with Crippen LogP contribution in [0.25, 0.3) is 0 Å². The summed E-state index contributed by atoms with van der Waals surface area (Å²) in [5, 5.41) is 4.08. The van der Waals surface area contributed by atoms with Crippen LogP contribution >= 0.6 is 24.0 Å². The number of amides is 1. The molecule has 3 rings (SSSR count). The highest BCUT2D eigenvalue weighted by atomic mass is 35.5. The summed E-state index contributed by atoms with van der Waals surface area (Å²) in [6.07, 6.45) is 5.19. The van der Waals surface area contributed by atoms with E-state index in [1.807, 2.05) is 35.2 Å². The molecule has 28 heavy (non-hydrogen) atoms. The second-order valence-corrected chi connectivity index (χ2v) is 7.17. The fourth-order valence-corrected chi connectivity index (χ4v) is 3.46. The Kier molecular flexibility index (Phi) is 9.55. The number of hydrogen-bond acceptors (Lipinski definition) is 4. The van der Waals surface area contributed by atoms with Crippen LogP contribution in [0.2, 0.25) is 5.02 Å². The zero-order valence-corrected chi connectivity index (χ0v) is 17.4. The minimum atomic E-state index is 0. The number of nitrogens with one attached hydrogen (secondary N) is 1. The number of hydrogen-bond donors (Lipinski definition) is 1. The van der Waals surface area contributed by atoms with Gasteiger partial charge in [-0.25, -0.2) is 0 Å². The fourth-order valence-electron chi connectivity index (χ4n) is 3.33. The van der Waals surface area contributed by atoms with Crippen LogP contribution in [0.3, 0.4) is 0 Å². The van der Waals surface area contributed by atoms with Crippen LogP contribution in [0.15, 0.2) is 48.7 Å². The zero-order valence-electron chi connectivity index (χ0n) is 15.9. The van der Waals surface area contributed by atoms with Gasteiger partial charge >= 0.3 is 0 Å². The second-order valence-electron chi connectivity index (χ2n) is 6.73. The van der Waals surface area contributed by atoms with Crippen molar-refractivity contribution in [3.8, 4) is 5.75 Å². The topological polar surface area (TPSA) is 54.5 Å². The second kappa shape index (κ2) is 11.9. The minimum Gasteiger partial charge on any atom is -0.493 e. The Morgan fingerprint density at radius 3 is 2.75 bits per heavy atom. The molecule has 1 amide bonds. The highest BCUT2D eigenvalue weighted by Crippen LogP contribution is 2.19. The molecule has 1 aliphatic heterocycles. The number of pyridine rings is 1. The lowest BCUT2D eigenvalue weighted by atomic mass is 10.1. The van der Waals surface area contributed by atoms with Crippen molar-refractivity contribution in [3.63, 3.8) is 0 Å². The monoisotopic (exact) mass is 423 g/mol. The molecule has 7 heteroatoms. The first-order valence-corrected chi connectivity index (χ1v) is 9.88. The number of carbonyl (C=O) groups is 1. The van der Waals surface area contributed by atoms with Crippen molar-refractivity contribution < 1.29 is 9.53 Å². The molecule has 0 spiro atoms. The summed E-state index contributed by atoms with van der Waals surface area (Å²) < 4.78 is 5.71. The fraction of sp³-hybridized carbons (Fsp3) is 0.429. The molecule has 1 aromatic carbocycles. The molecule has 1 N–H and O–H groups in total. The van der Waals surface area contributed by atoms with E-state index in [0.29, 0.717) is 24.6 Å². The first-order valence-electron chi connectivity index (χ1n) is 9.51. The Morgan fingerprint density at radius 1 is 1.18 bits per heavy atom. The third-order valence-electron chi connectivity index (χ3n) is 4.76. The standard InChI is InChI=1S/C21H26ClN3O2.ClH/c22-17-6-8-20(9-7-17)27-15-11-21(26)25(16-18-4-1-2-13-24-18)19-5-3-12-23-14-10-19;/h1-2,4,6-9,13,19,23H,3,5,10-12,14-16H2;1H. The van der Waals surface area contributed by atoms with E-state index in [0.717, 1.165) is 43.8 Å². The predicted molar refractivity (Wildman–Crippen MR) is 114 cm³/mol. The molecule has 1 fully saturated rings. The first-order chi connectivity index (χ1) is 13.2. The minimum absolute atomic E-state index is 0. The molecule has 1 aromatic heterocycles. The largest absolute Gasteiger partial charge is 0.493 e. The lowest BCUT2D eigenvalue weighted by Gasteiger charge is -2.31. The van der Waals surface area contributed by atoms with Gasteiger partial charge in [0.05, 0.1) is 25.3 Å². The number of benzene rings is 1. The summed E-state index contributed by atoms with van der Waals surface area (Å²) in [6.45, 7) is 2.86. The maximum atomic E-state index is 13.0. The van der Waals surface area contributed by atoms with E-state index in [1.54, 1.807) is 18.3 Å². The molecule has 152 valence electrons. The summed E-state index contributed by atoms with van der Waals surface area (Å²) in [7, 11) is 0. The van der Waals surface area contributed by atoms with Gasteiger partial charge in [0.15, 0.2) is 0 Å². The molecule has 0 bridgehead atoms. The number of halogens is 2. The van der Waals surface area contributed by atoms with E-state index in [-0.39, 0.29) is 24.4 Å². The van der Waals surface area contributed by atoms with Crippen LogP contribution < -0.4 is 10.1 Å². The molecule has 0 radical (unpaired) electrons. The van der Waals surface area contributed by atoms with Crippen molar-refractivity contribution in [2.75, 3.05) is 19.7 Å². The van der Waals surface area contributed by atoms with Crippen molar-refractivity contribution >= 4 is 29.9 Å². The van der Waals surface area contributed by atoms with Gasteiger partial charge in [0, 0.05) is 17.3 Å². The molecule has 5 nitrogen and oxygen atoms in total. The Balaban J connectivity index is 0.00000280. The summed E-state index contributed by atoms with van der Waals surface area (Å²) in [5.74, 6) is 0.837. The average molecular weight is 424 g/mol. The Hall–Kier alpha value is -1.82. The maximum Gasteiger partial charge on any atom is 0.226 e. The van der Waals surface area contributed by atoms with E-state index in [4.69, 9.17) is 16.3 Å². The lowest BCUT2D eigenvalue weighted by molar-refractivity contribution is -0.135. The quantitative estimate of drug-likeness (QED) is 0.728. The summed E-state index contributed by atoms with van der Waals surface area (Å²) in [5.41, 5.74) is 0.918. The van der Waals surface area contributed by atoms with Gasteiger partial charge in [-0.15, -0.1) is 12.4 Å². The Morgan fingerprint density at radius 2 is 2.00 bits per heavy atom. The summed E-state index contributed by atoms with van der Waals surface area (Å²) >= 11 is 5.89. The van der Waals surface area contributed by atoms with Gasteiger partial charge in [-0.05, 0) is 68.8 Å². The van der Waals surface area contributed by atoms with Crippen LogP contribution in [0.4, 0.5) is 0 Å². The van der Waals surface area contributed by atoms with Crippen LogP contribution in [0, 0.1) is 0 Å². The molecular formula is C21H27Cl2N3O2. The number of ether oxygens (including phenoxy) is 1. The van der Waals surface area contributed by atoms with E-state index in [2.05, 4.69) is 10.3 Å². The zero-order chi connectivity index (χ0) is 18.9. The van der Waals surface area contributed by atoms with Gasteiger partial charge in [-0.1, -0.05) is 17.7 Å². The smallest absolute Gasteiger partial charge is 0.226 e. The molecule has 2 heterocycles. The average Bonchev–Trinajstić information content (AvgIpc) is 2.98. The third-order valence-corrected chi connectivity index (χ3v) is 5.02. The van der Waals surface area contributed by atoms with Gasteiger partial charge in [0.2, 0.25) is 5.91 Å². The molecule has 1 saturated heterocycles. The molecule has 0 aliphatic carbocycles. The van der Waals surface area contributed by atoms with Gasteiger partial charge in [-0.3, -0.25) is 9.78 Å². The number of nitrogens with zero attached hydrogens (tertiary/aromatic N) is 2. The number of aromatic nitrogens is 1. The van der Waals surface area contributed by atoms with Gasteiger partial charge in [0.1, 0.15) is 5.75 Å². The van der Waals surface area contributed by atoms with Gasteiger partial charge in [0.25, 0.3) is 0 Å². The first kappa shape index (κ1) is 22.5. The third kappa shape index (κ3) is 6.97. The van der Waals surface area contributed by atoms with E-state index >= 15 is 0 Å². The van der Waals surface area contributed by atoms with Gasteiger partial charge in [-0.2, -0.15) is 0 Å². The van der Waals surface area contributed by atoms with Crippen molar-refractivity contribution in [3.05, 3.63) is 59.4 Å². The van der Waals surface area contributed by atoms with E-state index in [1.165, 1.54) is 0 Å². The van der Waals surface area contributed by atoms with Crippen LogP contribution in [-0.4, -0.2) is 41.5 Å². The maximum absolute atomic E-state index is 13.0. The molecular weight excluding hydrogens is 397 g/mol. The normalized spacial score (nSPS) is 16.5. The summed E-state index contributed by atoms with van der Waals surface area (Å²) in [6, 6.07) is 13.3. The molecule has 1 atom stereocenters. The Bertz CT molecular complexity index is 705. The van der Waals surface area contributed by atoms with Crippen molar-refractivity contribution in [2.24, 2.45) is 0 Å². The SMILES string of the molecule is Cl.O=C(CCOc1ccc(Cl)cc1)N(Cc1ccccn1)C1CCCNCC1. The van der Waals surface area contributed by atoms with E-state index in [9.17, 15) is 4.79 Å². The molecule has 1 aliphatic rings. The van der Waals surface area contributed by atoms with Crippen LogP contribution in [0.5, 0.6) is 5.75 Å². The number of rotatable bonds is 7. The van der Waals surface area contributed by atoms with Crippen LogP contribution in [-0.2, 0) is 11.3 Å². The van der Waals surface area contributed by atoms with Crippen molar-refractivity contribution in [1.82, 2.24) is 15.2 Å². The van der Waals surface area contributed by atoms with E-state index < -0.39 is 0 Å². The highest BCUT2D eigenvalue weighted by molar-refractivity contribution is 6.30.